The van der Waals surface area contributed by atoms with Gasteiger partial charge in [0.1, 0.15) is 0 Å². The monoisotopic (exact) mass is 478 g/mol. The number of nitrogens with zero attached hydrogens (tertiary/aromatic N) is 1. The van der Waals surface area contributed by atoms with E-state index in [1.165, 1.54) is 27.4 Å². The number of aromatic nitrogens is 1. The molecule has 1 N–H and O–H groups in total. The van der Waals surface area contributed by atoms with Crippen molar-refractivity contribution in [2.24, 2.45) is 5.41 Å². The second-order valence-electron chi connectivity index (χ2n) is 11.1. The smallest absolute Gasteiger partial charge is 0.231 e. The minimum absolute atomic E-state index is 0.0277. The molecule has 36 heavy (non-hydrogen) atoms. The van der Waals surface area contributed by atoms with Crippen LogP contribution >= 0.6 is 0 Å². The van der Waals surface area contributed by atoms with E-state index in [0.717, 1.165) is 53.4 Å². The number of ketones is 1. The lowest BCUT2D eigenvalue weighted by molar-refractivity contribution is -0.118. The number of ether oxygens (including phenoxy) is 2. The highest BCUT2D eigenvalue weighted by atomic mass is 16.7. The maximum Gasteiger partial charge on any atom is 0.231 e. The van der Waals surface area contributed by atoms with E-state index in [-0.39, 0.29) is 23.9 Å². The van der Waals surface area contributed by atoms with Crippen LogP contribution < -0.4 is 14.8 Å². The lowest BCUT2D eigenvalue weighted by atomic mass is 9.68. The highest BCUT2D eigenvalue weighted by Gasteiger charge is 2.41. The molecule has 2 aliphatic heterocycles. The predicted molar refractivity (Wildman–Crippen MR) is 143 cm³/mol. The van der Waals surface area contributed by atoms with E-state index < -0.39 is 0 Å². The standard InChI is InChI=1S/C31H30N2O3/c1-4-33-23-8-6-5-7-19(23)30-24(33)11-10-21-29(30)20(13-18-9-12-26-27(14-18)36-17-35-26)28-22(32-21)15-31(2,3)16-25(28)34/h5-12,14,20,32H,4,13,15-17H2,1-3H3. The van der Waals surface area contributed by atoms with Crippen molar-refractivity contribution in [3.63, 3.8) is 0 Å². The van der Waals surface area contributed by atoms with E-state index in [9.17, 15) is 4.79 Å². The zero-order chi connectivity index (χ0) is 24.6. The first kappa shape index (κ1) is 21.5. The fourth-order valence-electron chi connectivity index (χ4n) is 6.64. The Hall–Kier alpha value is -3.73. The first-order valence-corrected chi connectivity index (χ1v) is 12.9. The highest BCUT2D eigenvalue weighted by Crippen LogP contribution is 2.51. The minimum atomic E-state index is -0.0495. The molecule has 5 heteroatoms. The first-order valence-electron chi connectivity index (χ1n) is 12.9. The molecule has 0 saturated heterocycles. The number of anilines is 1. The van der Waals surface area contributed by atoms with Crippen molar-refractivity contribution in [1.29, 1.82) is 0 Å². The lowest BCUT2D eigenvalue weighted by Crippen LogP contribution is -2.34. The van der Waals surface area contributed by atoms with Crippen LogP contribution in [0.5, 0.6) is 11.5 Å². The summed E-state index contributed by atoms with van der Waals surface area (Å²) in [6, 6.07) is 19.3. The van der Waals surface area contributed by atoms with Crippen LogP contribution in [0.15, 0.2) is 65.9 Å². The van der Waals surface area contributed by atoms with Crippen LogP contribution in [0.25, 0.3) is 21.8 Å². The van der Waals surface area contributed by atoms with Crippen molar-refractivity contribution >= 4 is 33.3 Å². The van der Waals surface area contributed by atoms with Gasteiger partial charge in [0, 0.05) is 57.6 Å². The van der Waals surface area contributed by atoms with Crippen molar-refractivity contribution in [1.82, 2.24) is 4.57 Å². The summed E-state index contributed by atoms with van der Waals surface area (Å²) in [6.07, 6.45) is 2.19. The molecule has 0 spiro atoms. The molecule has 0 amide bonds. The van der Waals surface area contributed by atoms with Gasteiger partial charge in [0.2, 0.25) is 6.79 Å². The maximum absolute atomic E-state index is 13.8. The zero-order valence-corrected chi connectivity index (χ0v) is 21.0. The normalized spacial score (nSPS) is 20.0. The molecular formula is C31H30N2O3. The van der Waals surface area contributed by atoms with Crippen LogP contribution in [0.2, 0.25) is 0 Å². The third-order valence-corrected chi connectivity index (χ3v) is 8.07. The van der Waals surface area contributed by atoms with Gasteiger partial charge in [0.25, 0.3) is 0 Å². The molecule has 1 aromatic heterocycles. The molecule has 1 unspecified atom stereocenters. The van der Waals surface area contributed by atoms with Gasteiger partial charge in [-0.2, -0.15) is 0 Å². The van der Waals surface area contributed by atoms with Crippen molar-refractivity contribution in [2.45, 2.75) is 52.5 Å². The van der Waals surface area contributed by atoms with Crippen LogP contribution in [-0.2, 0) is 17.8 Å². The van der Waals surface area contributed by atoms with Crippen LogP contribution in [0, 0.1) is 5.41 Å². The molecule has 1 atom stereocenters. The average molecular weight is 479 g/mol. The molecule has 0 bridgehead atoms. The number of para-hydroxylation sites is 1. The Kier molecular flexibility index (Phi) is 4.57. The van der Waals surface area contributed by atoms with Crippen LogP contribution in [-0.4, -0.2) is 17.1 Å². The molecule has 3 aromatic carbocycles. The third-order valence-electron chi connectivity index (χ3n) is 8.07. The van der Waals surface area contributed by atoms with E-state index in [2.05, 4.69) is 79.2 Å². The van der Waals surface area contributed by atoms with Gasteiger partial charge in [-0.05, 0) is 66.6 Å². The van der Waals surface area contributed by atoms with Gasteiger partial charge in [-0.25, -0.2) is 0 Å². The summed E-state index contributed by atoms with van der Waals surface area (Å²) in [5.41, 5.74) is 7.97. The fourth-order valence-corrected chi connectivity index (χ4v) is 6.64. The summed E-state index contributed by atoms with van der Waals surface area (Å²) < 4.78 is 13.6. The van der Waals surface area contributed by atoms with E-state index in [4.69, 9.17) is 9.47 Å². The SMILES string of the molecule is CCn1c2ccccc2c2c3c(ccc21)NC1=C(C(=O)CC(C)(C)C1)C3Cc1ccc2c(c1)OCO2. The van der Waals surface area contributed by atoms with Crippen LogP contribution in [0.1, 0.15) is 50.7 Å². The van der Waals surface area contributed by atoms with Gasteiger partial charge < -0.3 is 19.4 Å². The van der Waals surface area contributed by atoms with Gasteiger partial charge >= 0.3 is 0 Å². The topological polar surface area (TPSA) is 52.5 Å². The fraction of sp³-hybridized carbons (Fsp3) is 0.323. The van der Waals surface area contributed by atoms with Gasteiger partial charge in [-0.15, -0.1) is 0 Å². The number of carbonyl (C=O) groups excluding carboxylic acids is 1. The van der Waals surface area contributed by atoms with Gasteiger partial charge in [-0.1, -0.05) is 38.1 Å². The van der Waals surface area contributed by atoms with E-state index in [1.807, 2.05) is 6.07 Å². The molecular weight excluding hydrogens is 448 g/mol. The number of Topliss-reactive ketones (excluding diaryl/α,β-unsaturated/α-hetero) is 1. The third kappa shape index (κ3) is 3.11. The molecule has 5 nitrogen and oxygen atoms in total. The molecule has 4 aromatic rings. The molecule has 3 aliphatic rings. The second-order valence-corrected chi connectivity index (χ2v) is 11.1. The molecule has 7 rings (SSSR count). The number of hydrogen-bond acceptors (Lipinski definition) is 4. The summed E-state index contributed by atoms with van der Waals surface area (Å²) in [7, 11) is 0. The quantitative estimate of drug-likeness (QED) is 0.347. The van der Waals surface area contributed by atoms with Crippen LogP contribution in [0.4, 0.5) is 5.69 Å². The summed E-state index contributed by atoms with van der Waals surface area (Å²) in [5, 5.41) is 6.23. The Morgan fingerprint density at radius 2 is 1.83 bits per heavy atom. The van der Waals surface area contributed by atoms with Gasteiger partial charge in [0.15, 0.2) is 17.3 Å². The molecule has 0 saturated carbocycles. The summed E-state index contributed by atoms with van der Waals surface area (Å²) >= 11 is 0. The first-order chi connectivity index (χ1) is 17.4. The Bertz CT molecular complexity index is 1610. The van der Waals surface area contributed by atoms with Gasteiger partial charge in [0.05, 0.1) is 0 Å². The zero-order valence-electron chi connectivity index (χ0n) is 21.0. The largest absolute Gasteiger partial charge is 0.454 e. The molecule has 1 aliphatic carbocycles. The highest BCUT2D eigenvalue weighted by molar-refractivity contribution is 6.13. The van der Waals surface area contributed by atoms with E-state index in [0.29, 0.717) is 6.42 Å². The average Bonchev–Trinajstić information content (AvgIpc) is 3.44. The van der Waals surface area contributed by atoms with Crippen molar-refractivity contribution in [2.75, 3.05) is 12.1 Å². The van der Waals surface area contributed by atoms with Crippen LogP contribution in [0.3, 0.4) is 0 Å². The number of nitrogens with one attached hydrogen (secondary N) is 1. The Balaban J connectivity index is 1.49. The number of carbonyl (C=O) groups is 1. The number of fused-ring (bicyclic) bond motifs is 6. The van der Waals surface area contributed by atoms with E-state index >= 15 is 0 Å². The van der Waals surface area contributed by atoms with Crippen molar-refractivity contribution in [3.05, 3.63) is 77.0 Å². The number of allylic oxidation sites excluding steroid dienone is 2. The maximum atomic E-state index is 13.8. The Morgan fingerprint density at radius 1 is 1.00 bits per heavy atom. The van der Waals surface area contributed by atoms with Crippen molar-refractivity contribution < 1.29 is 14.3 Å². The van der Waals surface area contributed by atoms with Crippen molar-refractivity contribution in [3.8, 4) is 11.5 Å². The Morgan fingerprint density at radius 3 is 2.69 bits per heavy atom. The minimum Gasteiger partial charge on any atom is -0.454 e. The number of rotatable bonds is 3. The molecule has 0 radical (unpaired) electrons. The number of hydrogen-bond donors (Lipinski definition) is 1. The summed E-state index contributed by atoms with van der Waals surface area (Å²) in [4.78, 5) is 13.8. The molecule has 0 fully saturated rings. The lowest BCUT2D eigenvalue weighted by Gasteiger charge is -2.39. The summed E-state index contributed by atoms with van der Waals surface area (Å²) in [5.74, 6) is 1.81. The number of benzene rings is 3. The summed E-state index contributed by atoms with van der Waals surface area (Å²) in [6.45, 7) is 7.73. The second kappa shape index (κ2) is 7.63. The molecule has 182 valence electrons. The Labute approximate surface area is 210 Å². The predicted octanol–water partition coefficient (Wildman–Crippen LogP) is 6.94. The number of aryl methyl sites for hydroxylation is 1. The van der Waals surface area contributed by atoms with Gasteiger partial charge in [-0.3, -0.25) is 4.79 Å². The van der Waals surface area contributed by atoms with E-state index in [1.54, 1.807) is 0 Å². The molecule has 3 heterocycles.